The van der Waals surface area contributed by atoms with Gasteiger partial charge in [-0.05, 0) is 30.5 Å². The second-order valence-electron chi connectivity index (χ2n) is 6.12. The zero-order chi connectivity index (χ0) is 17.5. The monoisotopic (exact) mass is 356 g/mol. The highest BCUT2D eigenvalue weighted by atomic mass is 32.1. The SMILES string of the molecule is CC(=NNC(=O)CCN1CCN(c2ccccc2)CC1)c1cccs1. The van der Waals surface area contributed by atoms with Gasteiger partial charge in [0.15, 0.2) is 0 Å². The fourth-order valence-corrected chi connectivity index (χ4v) is 3.55. The Morgan fingerprint density at radius 2 is 1.88 bits per heavy atom. The molecule has 0 aliphatic carbocycles. The molecule has 1 amide bonds. The number of rotatable bonds is 6. The van der Waals surface area contributed by atoms with Crippen LogP contribution in [0, 0.1) is 0 Å². The predicted octanol–water partition coefficient (Wildman–Crippen LogP) is 2.80. The Labute approximate surface area is 153 Å². The standard InChI is InChI=1S/C19H24N4OS/c1-16(18-8-5-15-25-18)20-21-19(24)9-10-22-11-13-23(14-12-22)17-6-3-2-4-7-17/h2-8,15H,9-14H2,1H3,(H,21,24). The number of para-hydroxylation sites is 1. The Balaban J connectivity index is 1.38. The van der Waals surface area contributed by atoms with E-state index < -0.39 is 0 Å². The molecule has 1 aliphatic rings. The van der Waals surface area contributed by atoms with E-state index in [1.807, 2.05) is 30.5 Å². The summed E-state index contributed by atoms with van der Waals surface area (Å²) in [5, 5.41) is 6.19. The first-order chi connectivity index (χ1) is 12.2. The maximum absolute atomic E-state index is 12.0. The van der Waals surface area contributed by atoms with E-state index in [2.05, 4.69) is 44.6 Å². The smallest absolute Gasteiger partial charge is 0.241 e. The molecule has 2 heterocycles. The van der Waals surface area contributed by atoms with E-state index in [4.69, 9.17) is 0 Å². The summed E-state index contributed by atoms with van der Waals surface area (Å²) < 4.78 is 0. The van der Waals surface area contributed by atoms with Crippen LogP contribution in [0.2, 0.25) is 0 Å². The van der Waals surface area contributed by atoms with Gasteiger partial charge in [-0.1, -0.05) is 24.3 Å². The third-order valence-corrected chi connectivity index (χ3v) is 5.35. The second-order valence-corrected chi connectivity index (χ2v) is 7.07. The van der Waals surface area contributed by atoms with Gasteiger partial charge >= 0.3 is 0 Å². The molecule has 1 N–H and O–H groups in total. The van der Waals surface area contributed by atoms with Crippen LogP contribution in [0.15, 0.2) is 52.9 Å². The van der Waals surface area contributed by atoms with Crippen molar-refractivity contribution in [3.05, 3.63) is 52.7 Å². The number of hydrogen-bond donors (Lipinski definition) is 1. The Morgan fingerprint density at radius 3 is 2.56 bits per heavy atom. The summed E-state index contributed by atoms with van der Waals surface area (Å²) in [4.78, 5) is 17.8. The lowest BCUT2D eigenvalue weighted by atomic mass is 10.2. The molecule has 3 rings (SSSR count). The number of benzene rings is 1. The van der Waals surface area contributed by atoms with Gasteiger partial charge in [0.05, 0.1) is 5.71 Å². The summed E-state index contributed by atoms with van der Waals surface area (Å²) in [5.41, 5.74) is 4.79. The molecule has 6 heteroatoms. The maximum Gasteiger partial charge on any atom is 0.241 e. The highest BCUT2D eigenvalue weighted by molar-refractivity contribution is 7.12. The molecule has 0 radical (unpaired) electrons. The van der Waals surface area contributed by atoms with Gasteiger partial charge in [0.2, 0.25) is 5.91 Å². The van der Waals surface area contributed by atoms with Gasteiger partial charge in [-0.3, -0.25) is 9.69 Å². The molecule has 2 aromatic rings. The van der Waals surface area contributed by atoms with Gasteiger partial charge in [-0.25, -0.2) is 5.43 Å². The highest BCUT2D eigenvalue weighted by Crippen LogP contribution is 2.15. The van der Waals surface area contributed by atoms with E-state index in [0.29, 0.717) is 6.42 Å². The average molecular weight is 356 g/mol. The van der Waals surface area contributed by atoms with Crippen molar-refractivity contribution in [2.75, 3.05) is 37.6 Å². The van der Waals surface area contributed by atoms with Gasteiger partial charge in [-0.15, -0.1) is 11.3 Å². The van der Waals surface area contributed by atoms with E-state index in [-0.39, 0.29) is 5.91 Å². The van der Waals surface area contributed by atoms with Crippen molar-refractivity contribution in [2.24, 2.45) is 5.10 Å². The van der Waals surface area contributed by atoms with Crippen molar-refractivity contribution >= 4 is 28.6 Å². The van der Waals surface area contributed by atoms with Crippen molar-refractivity contribution < 1.29 is 4.79 Å². The number of anilines is 1. The van der Waals surface area contributed by atoms with Gasteiger partial charge < -0.3 is 4.90 Å². The molecule has 1 fully saturated rings. The fraction of sp³-hybridized carbons (Fsp3) is 0.368. The number of nitrogens with zero attached hydrogens (tertiary/aromatic N) is 3. The zero-order valence-electron chi connectivity index (χ0n) is 14.5. The highest BCUT2D eigenvalue weighted by Gasteiger charge is 2.17. The van der Waals surface area contributed by atoms with Crippen LogP contribution in [-0.4, -0.2) is 49.2 Å². The van der Waals surface area contributed by atoms with E-state index in [1.165, 1.54) is 5.69 Å². The Morgan fingerprint density at radius 1 is 1.12 bits per heavy atom. The number of hydrogen-bond acceptors (Lipinski definition) is 5. The van der Waals surface area contributed by atoms with Crippen LogP contribution >= 0.6 is 11.3 Å². The third-order valence-electron chi connectivity index (χ3n) is 4.37. The van der Waals surface area contributed by atoms with Crippen LogP contribution in [0.1, 0.15) is 18.2 Å². The number of amides is 1. The van der Waals surface area contributed by atoms with Crippen LogP contribution < -0.4 is 10.3 Å². The van der Waals surface area contributed by atoms with E-state index in [1.54, 1.807) is 11.3 Å². The first-order valence-corrected chi connectivity index (χ1v) is 9.50. The zero-order valence-corrected chi connectivity index (χ0v) is 15.3. The molecule has 1 aliphatic heterocycles. The van der Waals surface area contributed by atoms with Crippen molar-refractivity contribution in [1.82, 2.24) is 10.3 Å². The minimum absolute atomic E-state index is 0.0265. The number of piperazine rings is 1. The van der Waals surface area contributed by atoms with Gasteiger partial charge in [0.1, 0.15) is 0 Å². The molecule has 1 aromatic carbocycles. The number of thiophene rings is 1. The number of carbonyl (C=O) groups is 1. The molecule has 0 unspecified atom stereocenters. The van der Waals surface area contributed by atoms with Crippen molar-refractivity contribution in [3.8, 4) is 0 Å². The van der Waals surface area contributed by atoms with E-state index >= 15 is 0 Å². The second kappa shape index (κ2) is 8.78. The lowest BCUT2D eigenvalue weighted by molar-refractivity contribution is -0.121. The molecule has 0 spiro atoms. The number of carbonyl (C=O) groups excluding carboxylic acids is 1. The van der Waals surface area contributed by atoms with Gasteiger partial charge in [-0.2, -0.15) is 5.10 Å². The van der Waals surface area contributed by atoms with E-state index in [0.717, 1.165) is 43.3 Å². The van der Waals surface area contributed by atoms with Crippen LogP contribution in [-0.2, 0) is 4.79 Å². The maximum atomic E-state index is 12.0. The molecule has 0 bridgehead atoms. The molecule has 25 heavy (non-hydrogen) atoms. The minimum Gasteiger partial charge on any atom is -0.369 e. The third kappa shape index (κ3) is 5.14. The topological polar surface area (TPSA) is 47.9 Å². The molecular weight excluding hydrogens is 332 g/mol. The van der Waals surface area contributed by atoms with Gasteiger partial charge in [0, 0.05) is 49.7 Å². The molecule has 0 atom stereocenters. The largest absolute Gasteiger partial charge is 0.369 e. The minimum atomic E-state index is -0.0265. The Hall–Kier alpha value is -2.18. The Kier molecular flexibility index (Phi) is 6.19. The summed E-state index contributed by atoms with van der Waals surface area (Å²) in [6.45, 7) is 6.67. The molecule has 5 nitrogen and oxygen atoms in total. The molecule has 132 valence electrons. The normalized spacial score (nSPS) is 16.0. The summed E-state index contributed by atoms with van der Waals surface area (Å²) in [6, 6.07) is 14.5. The molecular formula is C19H24N4OS. The lowest BCUT2D eigenvalue weighted by Gasteiger charge is -2.36. The summed E-state index contributed by atoms with van der Waals surface area (Å²) >= 11 is 1.62. The first kappa shape index (κ1) is 17.6. The number of nitrogens with one attached hydrogen (secondary N) is 1. The predicted molar refractivity (Wildman–Crippen MR) is 104 cm³/mol. The van der Waals surface area contributed by atoms with Crippen molar-refractivity contribution in [2.45, 2.75) is 13.3 Å². The van der Waals surface area contributed by atoms with Crippen LogP contribution in [0.5, 0.6) is 0 Å². The quantitative estimate of drug-likeness (QED) is 0.640. The molecule has 1 aromatic heterocycles. The summed E-state index contributed by atoms with van der Waals surface area (Å²) in [5.74, 6) is -0.0265. The Bertz CT molecular complexity index is 691. The van der Waals surface area contributed by atoms with Gasteiger partial charge in [0.25, 0.3) is 0 Å². The molecule has 1 saturated heterocycles. The first-order valence-electron chi connectivity index (χ1n) is 8.62. The molecule has 0 saturated carbocycles. The van der Waals surface area contributed by atoms with Crippen LogP contribution in [0.25, 0.3) is 0 Å². The average Bonchev–Trinajstić information content (AvgIpc) is 3.20. The summed E-state index contributed by atoms with van der Waals surface area (Å²) in [7, 11) is 0. The lowest BCUT2D eigenvalue weighted by Crippen LogP contribution is -2.47. The number of hydrazone groups is 1. The van der Waals surface area contributed by atoms with Crippen LogP contribution in [0.4, 0.5) is 5.69 Å². The van der Waals surface area contributed by atoms with Crippen molar-refractivity contribution in [3.63, 3.8) is 0 Å². The van der Waals surface area contributed by atoms with Crippen LogP contribution in [0.3, 0.4) is 0 Å². The van der Waals surface area contributed by atoms with E-state index in [9.17, 15) is 4.79 Å². The summed E-state index contributed by atoms with van der Waals surface area (Å²) in [6.07, 6.45) is 0.479. The fourth-order valence-electron chi connectivity index (χ4n) is 2.87. The van der Waals surface area contributed by atoms with Crippen molar-refractivity contribution in [1.29, 1.82) is 0 Å².